The lowest BCUT2D eigenvalue weighted by atomic mass is 10.2. The second kappa shape index (κ2) is 8.95. The van der Waals surface area contributed by atoms with Gasteiger partial charge in [0.05, 0.1) is 6.54 Å². The summed E-state index contributed by atoms with van der Waals surface area (Å²) < 4.78 is 37.1. The van der Waals surface area contributed by atoms with E-state index in [0.29, 0.717) is 38.6 Å². The van der Waals surface area contributed by atoms with E-state index in [2.05, 4.69) is 20.9 Å². The maximum Gasteiger partial charge on any atom is 0.401 e. The van der Waals surface area contributed by atoms with Gasteiger partial charge in [-0.15, -0.1) is 0 Å². The van der Waals surface area contributed by atoms with Gasteiger partial charge in [-0.1, -0.05) is 13.8 Å². The molecule has 1 fully saturated rings. The van der Waals surface area contributed by atoms with Gasteiger partial charge in [-0.05, 0) is 6.42 Å². The highest BCUT2D eigenvalue weighted by Gasteiger charge is 2.34. The molecule has 0 aliphatic carbocycles. The first-order chi connectivity index (χ1) is 10.7. The quantitative estimate of drug-likeness (QED) is 0.376. The summed E-state index contributed by atoms with van der Waals surface area (Å²) >= 11 is 0. The van der Waals surface area contributed by atoms with E-state index in [1.807, 2.05) is 13.8 Å². The van der Waals surface area contributed by atoms with Gasteiger partial charge in [0.25, 0.3) is 0 Å². The van der Waals surface area contributed by atoms with Crippen LogP contribution < -0.4 is 16.0 Å². The van der Waals surface area contributed by atoms with E-state index in [9.17, 15) is 18.0 Å². The van der Waals surface area contributed by atoms with Crippen LogP contribution >= 0.6 is 0 Å². The topological polar surface area (TPSA) is 68.8 Å². The number of hydrogen-bond donors (Lipinski definition) is 3. The molecular formula is C14H26F3N5O. The van der Waals surface area contributed by atoms with Crippen molar-refractivity contribution < 1.29 is 18.0 Å². The van der Waals surface area contributed by atoms with Gasteiger partial charge in [-0.25, -0.2) is 0 Å². The van der Waals surface area contributed by atoms with Crippen LogP contribution in [-0.4, -0.2) is 68.8 Å². The van der Waals surface area contributed by atoms with Gasteiger partial charge >= 0.3 is 6.18 Å². The van der Waals surface area contributed by atoms with Crippen LogP contribution in [0.25, 0.3) is 0 Å². The molecule has 0 bridgehead atoms. The molecule has 1 amide bonds. The smallest absolute Gasteiger partial charge is 0.355 e. The van der Waals surface area contributed by atoms with Crippen LogP contribution in [0.1, 0.15) is 20.3 Å². The maximum absolute atomic E-state index is 12.4. The predicted molar refractivity (Wildman–Crippen MR) is 83.2 cm³/mol. The monoisotopic (exact) mass is 337 g/mol. The number of alkyl halides is 3. The highest BCUT2D eigenvalue weighted by Crippen LogP contribution is 2.19. The van der Waals surface area contributed by atoms with Crippen LogP contribution in [-0.2, 0) is 4.79 Å². The van der Waals surface area contributed by atoms with Gasteiger partial charge in [0, 0.05) is 45.2 Å². The van der Waals surface area contributed by atoms with Crippen molar-refractivity contribution in [3.05, 3.63) is 0 Å². The number of amides is 1. The van der Waals surface area contributed by atoms with Crippen molar-refractivity contribution in [1.82, 2.24) is 20.9 Å². The molecular weight excluding hydrogens is 311 g/mol. The summed E-state index contributed by atoms with van der Waals surface area (Å²) in [5.41, 5.74) is 0. The Morgan fingerprint density at radius 2 is 1.96 bits per heavy atom. The van der Waals surface area contributed by atoms with Gasteiger partial charge in [0.2, 0.25) is 5.91 Å². The Morgan fingerprint density at radius 3 is 2.52 bits per heavy atom. The molecule has 1 saturated heterocycles. The molecule has 3 N–H and O–H groups in total. The van der Waals surface area contributed by atoms with Crippen molar-refractivity contribution in [3.63, 3.8) is 0 Å². The van der Waals surface area contributed by atoms with Crippen molar-refractivity contribution in [2.75, 3.05) is 39.8 Å². The molecule has 23 heavy (non-hydrogen) atoms. The van der Waals surface area contributed by atoms with Gasteiger partial charge in [0.15, 0.2) is 5.96 Å². The highest BCUT2D eigenvalue weighted by molar-refractivity contribution is 5.80. The number of rotatable bonds is 6. The number of halogens is 3. The zero-order valence-electron chi connectivity index (χ0n) is 13.8. The highest BCUT2D eigenvalue weighted by atomic mass is 19.4. The Kier molecular flexibility index (Phi) is 7.60. The fraction of sp³-hybridized carbons (Fsp3) is 0.857. The van der Waals surface area contributed by atoms with Gasteiger partial charge in [0.1, 0.15) is 0 Å². The fourth-order valence-corrected chi connectivity index (χ4v) is 2.31. The summed E-state index contributed by atoms with van der Waals surface area (Å²) in [5.74, 6) is 0.446. The molecule has 0 saturated carbocycles. The first kappa shape index (κ1) is 19.5. The Bertz CT molecular complexity index is 412. The Balaban J connectivity index is 2.26. The summed E-state index contributed by atoms with van der Waals surface area (Å²) in [6.07, 6.45) is -3.52. The third-order valence-corrected chi connectivity index (χ3v) is 3.48. The number of aliphatic imine (C=N–C) groups is 1. The lowest BCUT2D eigenvalue weighted by Gasteiger charge is -2.20. The molecule has 1 unspecified atom stereocenters. The minimum atomic E-state index is -4.16. The minimum absolute atomic E-state index is 0.0201. The maximum atomic E-state index is 12.4. The number of guanidine groups is 1. The van der Waals surface area contributed by atoms with E-state index >= 15 is 0 Å². The number of carbonyl (C=O) groups is 1. The predicted octanol–water partition coefficient (Wildman–Crippen LogP) is 0.560. The Labute approximate surface area is 134 Å². The average Bonchev–Trinajstić information content (AvgIpc) is 2.86. The third kappa shape index (κ3) is 8.06. The number of carbonyl (C=O) groups excluding carboxylic acids is 1. The van der Waals surface area contributed by atoms with E-state index in [4.69, 9.17) is 0 Å². The zero-order chi connectivity index (χ0) is 17.5. The molecule has 6 nitrogen and oxygen atoms in total. The summed E-state index contributed by atoms with van der Waals surface area (Å²) in [6, 6.07) is -0.0613. The lowest BCUT2D eigenvalue weighted by molar-refractivity contribution is -0.143. The van der Waals surface area contributed by atoms with Gasteiger partial charge in [-0.2, -0.15) is 13.2 Å². The summed E-state index contributed by atoms with van der Waals surface area (Å²) in [4.78, 5) is 16.8. The van der Waals surface area contributed by atoms with Crippen LogP contribution in [0.2, 0.25) is 0 Å². The first-order valence-corrected chi connectivity index (χ1v) is 7.75. The molecule has 1 atom stereocenters. The normalized spacial score (nSPS) is 20.0. The van der Waals surface area contributed by atoms with E-state index < -0.39 is 12.7 Å². The number of nitrogens with one attached hydrogen (secondary N) is 3. The molecule has 0 aromatic rings. The van der Waals surface area contributed by atoms with Crippen molar-refractivity contribution >= 4 is 11.9 Å². The molecule has 0 radical (unpaired) electrons. The molecule has 0 aromatic heterocycles. The van der Waals surface area contributed by atoms with Crippen molar-refractivity contribution in [2.45, 2.75) is 32.5 Å². The third-order valence-electron chi connectivity index (χ3n) is 3.48. The molecule has 0 aromatic carbocycles. The number of hydrogen-bond acceptors (Lipinski definition) is 3. The second-order valence-corrected chi connectivity index (χ2v) is 5.92. The van der Waals surface area contributed by atoms with E-state index in [1.54, 1.807) is 7.05 Å². The largest absolute Gasteiger partial charge is 0.401 e. The summed E-state index contributed by atoms with van der Waals surface area (Å²) in [5, 5.41) is 8.92. The van der Waals surface area contributed by atoms with E-state index in [-0.39, 0.29) is 17.9 Å². The van der Waals surface area contributed by atoms with Crippen molar-refractivity contribution in [2.24, 2.45) is 10.9 Å². The van der Waals surface area contributed by atoms with Crippen LogP contribution in [0.15, 0.2) is 4.99 Å². The lowest BCUT2D eigenvalue weighted by Crippen LogP contribution is -2.47. The fourth-order valence-electron chi connectivity index (χ4n) is 2.31. The SMILES string of the molecule is CN=C(NCCNC(=O)C(C)C)NC1CCN(CC(F)(F)F)C1. The Morgan fingerprint density at radius 1 is 1.30 bits per heavy atom. The second-order valence-electron chi connectivity index (χ2n) is 5.92. The van der Waals surface area contributed by atoms with Crippen LogP contribution in [0.3, 0.4) is 0 Å². The standard InChI is InChI=1S/C14H26F3N5O/c1-10(2)12(23)19-5-6-20-13(18-3)21-11-4-7-22(8-11)9-14(15,16)17/h10-11H,4-9H2,1-3H3,(H,19,23)(H2,18,20,21). The van der Waals surface area contributed by atoms with E-state index in [1.165, 1.54) is 4.90 Å². The molecule has 1 heterocycles. The minimum Gasteiger partial charge on any atom is -0.355 e. The van der Waals surface area contributed by atoms with Crippen LogP contribution in [0, 0.1) is 5.92 Å². The Hall–Kier alpha value is -1.51. The number of nitrogens with zero attached hydrogens (tertiary/aromatic N) is 2. The van der Waals surface area contributed by atoms with Crippen LogP contribution in [0.5, 0.6) is 0 Å². The van der Waals surface area contributed by atoms with Crippen molar-refractivity contribution in [3.8, 4) is 0 Å². The summed E-state index contributed by atoms with van der Waals surface area (Å²) in [6.45, 7) is 4.47. The van der Waals surface area contributed by atoms with Crippen LogP contribution in [0.4, 0.5) is 13.2 Å². The molecule has 134 valence electrons. The zero-order valence-corrected chi connectivity index (χ0v) is 13.8. The molecule has 1 aliphatic heterocycles. The molecule has 1 rings (SSSR count). The van der Waals surface area contributed by atoms with Gasteiger partial charge < -0.3 is 16.0 Å². The molecule has 1 aliphatic rings. The number of likely N-dealkylation sites (tertiary alicyclic amines) is 1. The molecule has 9 heteroatoms. The summed E-state index contributed by atoms with van der Waals surface area (Å²) in [7, 11) is 1.60. The first-order valence-electron chi connectivity index (χ1n) is 7.75. The van der Waals surface area contributed by atoms with E-state index in [0.717, 1.165) is 0 Å². The van der Waals surface area contributed by atoms with Gasteiger partial charge in [-0.3, -0.25) is 14.7 Å². The van der Waals surface area contributed by atoms with Crippen molar-refractivity contribution in [1.29, 1.82) is 0 Å². The molecule has 0 spiro atoms. The average molecular weight is 337 g/mol.